The highest BCUT2D eigenvalue weighted by molar-refractivity contribution is 9.10. The molecule has 0 fully saturated rings. The molecular formula is C16H16BrNO2. The van der Waals surface area contributed by atoms with Gasteiger partial charge in [0.2, 0.25) is 6.79 Å². The Kier molecular flexibility index (Phi) is 3.94. The second kappa shape index (κ2) is 5.85. The maximum atomic E-state index is 5.95. The van der Waals surface area contributed by atoms with E-state index in [-0.39, 0.29) is 5.92 Å². The lowest BCUT2D eigenvalue weighted by Gasteiger charge is -2.16. The van der Waals surface area contributed by atoms with Gasteiger partial charge in [0.1, 0.15) is 0 Å². The number of rotatable bonds is 4. The predicted molar refractivity (Wildman–Crippen MR) is 82.2 cm³/mol. The lowest BCUT2D eigenvalue weighted by Crippen LogP contribution is -2.15. The van der Waals surface area contributed by atoms with Crippen molar-refractivity contribution in [3.8, 4) is 11.5 Å². The van der Waals surface area contributed by atoms with Crippen LogP contribution in [0, 0.1) is 0 Å². The molecule has 3 rings (SSSR count). The molecule has 3 nitrogen and oxygen atoms in total. The zero-order valence-electron chi connectivity index (χ0n) is 11.0. The average Bonchev–Trinajstić information content (AvgIpc) is 2.92. The summed E-state index contributed by atoms with van der Waals surface area (Å²) in [7, 11) is 0. The Labute approximate surface area is 126 Å². The SMILES string of the molecule is NCC(Cc1cccc(Br)c1)c1ccc2c(c1)OCO2. The summed E-state index contributed by atoms with van der Waals surface area (Å²) in [5.74, 6) is 1.90. The molecule has 0 saturated heterocycles. The van der Waals surface area contributed by atoms with Crippen LogP contribution in [0.3, 0.4) is 0 Å². The molecule has 0 aromatic heterocycles. The molecule has 1 aliphatic heterocycles. The first-order chi connectivity index (χ1) is 9.76. The smallest absolute Gasteiger partial charge is 0.231 e. The van der Waals surface area contributed by atoms with Crippen molar-refractivity contribution in [1.82, 2.24) is 0 Å². The average molecular weight is 334 g/mol. The summed E-state index contributed by atoms with van der Waals surface area (Å²) < 4.78 is 11.9. The van der Waals surface area contributed by atoms with Gasteiger partial charge in [0, 0.05) is 10.4 Å². The Bertz CT molecular complexity index is 615. The van der Waals surface area contributed by atoms with E-state index in [2.05, 4.69) is 34.1 Å². The van der Waals surface area contributed by atoms with Crippen LogP contribution in [0.1, 0.15) is 17.0 Å². The monoisotopic (exact) mass is 333 g/mol. The first-order valence-corrected chi connectivity index (χ1v) is 7.39. The van der Waals surface area contributed by atoms with Crippen molar-refractivity contribution < 1.29 is 9.47 Å². The summed E-state index contributed by atoms with van der Waals surface area (Å²) >= 11 is 3.50. The Morgan fingerprint density at radius 2 is 1.95 bits per heavy atom. The van der Waals surface area contributed by atoms with Gasteiger partial charge in [0.15, 0.2) is 11.5 Å². The highest BCUT2D eigenvalue weighted by Crippen LogP contribution is 2.35. The highest BCUT2D eigenvalue weighted by Gasteiger charge is 2.17. The molecule has 1 heterocycles. The number of nitrogens with two attached hydrogens (primary N) is 1. The summed E-state index contributed by atoms with van der Waals surface area (Å²) in [6.07, 6.45) is 0.912. The van der Waals surface area contributed by atoms with Crippen molar-refractivity contribution in [2.75, 3.05) is 13.3 Å². The van der Waals surface area contributed by atoms with E-state index < -0.39 is 0 Å². The van der Waals surface area contributed by atoms with Crippen LogP contribution >= 0.6 is 15.9 Å². The number of hydrogen-bond acceptors (Lipinski definition) is 3. The summed E-state index contributed by atoms with van der Waals surface area (Å²) in [5, 5.41) is 0. The third-order valence-corrected chi connectivity index (χ3v) is 4.02. The first kappa shape index (κ1) is 13.5. The standard InChI is InChI=1S/C16H16BrNO2/c17-14-3-1-2-11(7-14)6-13(9-18)12-4-5-15-16(8-12)20-10-19-15/h1-5,7-8,13H,6,9-10,18H2. The number of benzene rings is 2. The first-order valence-electron chi connectivity index (χ1n) is 6.60. The minimum atomic E-state index is 0.277. The molecule has 2 aromatic rings. The molecule has 1 atom stereocenters. The fourth-order valence-corrected chi connectivity index (χ4v) is 2.90. The zero-order valence-corrected chi connectivity index (χ0v) is 12.6. The van der Waals surface area contributed by atoms with Crippen LogP contribution in [0.4, 0.5) is 0 Å². The predicted octanol–water partition coefficient (Wildman–Crippen LogP) is 3.46. The Morgan fingerprint density at radius 1 is 1.10 bits per heavy atom. The van der Waals surface area contributed by atoms with E-state index in [1.165, 1.54) is 11.1 Å². The van der Waals surface area contributed by atoms with E-state index in [9.17, 15) is 0 Å². The van der Waals surface area contributed by atoms with Gasteiger partial charge in [-0.3, -0.25) is 0 Å². The Hall–Kier alpha value is -1.52. The highest BCUT2D eigenvalue weighted by atomic mass is 79.9. The summed E-state index contributed by atoms with van der Waals surface area (Å²) in [4.78, 5) is 0. The quantitative estimate of drug-likeness (QED) is 0.931. The molecule has 0 amide bonds. The van der Waals surface area contributed by atoms with E-state index >= 15 is 0 Å². The number of fused-ring (bicyclic) bond motifs is 1. The molecule has 0 aliphatic carbocycles. The van der Waals surface area contributed by atoms with Gasteiger partial charge < -0.3 is 15.2 Å². The number of ether oxygens (including phenoxy) is 2. The topological polar surface area (TPSA) is 44.5 Å². The summed E-state index contributed by atoms with van der Waals surface area (Å²) in [6, 6.07) is 14.4. The molecular weight excluding hydrogens is 318 g/mol. The van der Waals surface area contributed by atoms with Gasteiger partial charge in [-0.2, -0.15) is 0 Å². The van der Waals surface area contributed by atoms with Crippen LogP contribution in [0.5, 0.6) is 11.5 Å². The molecule has 4 heteroatoms. The lowest BCUT2D eigenvalue weighted by atomic mass is 9.92. The van der Waals surface area contributed by atoms with E-state index in [4.69, 9.17) is 15.2 Å². The summed E-state index contributed by atoms with van der Waals surface area (Å²) in [6.45, 7) is 0.907. The van der Waals surface area contributed by atoms with Crippen molar-refractivity contribution >= 4 is 15.9 Å². The van der Waals surface area contributed by atoms with Crippen LogP contribution in [-0.4, -0.2) is 13.3 Å². The molecule has 0 bridgehead atoms. The molecule has 20 heavy (non-hydrogen) atoms. The normalized spacial score (nSPS) is 14.3. The fraction of sp³-hybridized carbons (Fsp3) is 0.250. The van der Waals surface area contributed by atoms with E-state index in [0.29, 0.717) is 13.3 Å². The lowest BCUT2D eigenvalue weighted by molar-refractivity contribution is 0.174. The Morgan fingerprint density at radius 3 is 2.75 bits per heavy atom. The van der Waals surface area contributed by atoms with E-state index in [0.717, 1.165) is 22.4 Å². The molecule has 104 valence electrons. The minimum absolute atomic E-state index is 0.277. The fourth-order valence-electron chi connectivity index (χ4n) is 2.45. The second-order valence-electron chi connectivity index (χ2n) is 4.88. The van der Waals surface area contributed by atoms with Gasteiger partial charge in [0.25, 0.3) is 0 Å². The molecule has 1 aliphatic rings. The van der Waals surface area contributed by atoms with Crippen LogP contribution in [0.25, 0.3) is 0 Å². The van der Waals surface area contributed by atoms with Crippen molar-refractivity contribution in [3.63, 3.8) is 0 Å². The van der Waals surface area contributed by atoms with E-state index in [1.54, 1.807) is 0 Å². The second-order valence-corrected chi connectivity index (χ2v) is 5.80. The third-order valence-electron chi connectivity index (χ3n) is 3.52. The van der Waals surface area contributed by atoms with Crippen molar-refractivity contribution in [1.29, 1.82) is 0 Å². The third kappa shape index (κ3) is 2.81. The van der Waals surface area contributed by atoms with Gasteiger partial charge >= 0.3 is 0 Å². The largest absolute Gasteiger partial charge is 0.454 e. The molecule has 1 unspecified atom stereocenters. The van der Waals surface area contributed by atoms with Gasteiger partial charge in [-0.25, -0.2) is 0 Å². The van der Waals surface area contributed by atoms with Gasteiger partial charge in [-0.1, -0.05) is 34.1 Å². The minimum Gasteiger partial charge on any atom is -0.454 e. The van der Waals surface area contributed by atoms with Crippen LogP contribution in [-0.2, 0) is 6.42 Å². The maximum Gasteiger partial charge on any atom is 0.231 e. The van der Waals surface area contributed by atoms with Gasteiger partial charge in [-0.15, -0.1) is 0 Å². The number of halogens is 1. The molecule has 0 saturated carbocycles. The number of hydrogen-bond donors (Lipinski definition) is 1. The maximum absolute atomic E-state index is 5.95. The molecule has 2 N–H and O–H groups in total. The van der Waals surface area contributed by atoms with Crippen LogP contribution in [0.2, 0.25) is 0 Å². The van der Waals surface area contributed by atoms with Crippen molar-refractivity contribution in [2.24, 2.45) is 5.73 Å². The summed E-state index contributed by atoms with van der Waals surface area (Å²) in [5.41, 5.74) is 8.41. The van der Waals surface area contributed by atoms with Crippen LogP contribution in [0.15, 0.2) is 46.9 Å². The van der Waals surface area contributed by atoms with Crippen LogP contribution < -0.4 is 15.2 Å². The van der Waals surface area contributed by atoms with E-state index in [1.807, 2.05) is 24.3 Å². The van der Waals surface area contributed by atoms with Crippen molar-refractivity contribution in [2.45, 2.75) is 12.3 Å². The van der Waals surface area contributed by atoms with Gasteiger partial charge in [0.05, 0.1) is 0 Å². The molecule has 2 aromatic carbocycles. The van der Waals surface area contributed by atoms with Crippen molar-refractivity contribution in [3.05, 3.63) is 58.1 Å². The molecule has 0 radical (unpaired) electrons. The zero-order chi connectivity index (χ0) is 13.9. The van der Waals surface area contributed by atoms with Gasteiger partial charge in [-0.05, 0) is 48.4 Å². The Balaban J connectivity index is 1.83. The molecule has 0 spiro atoms.